The Bertz CT molecular complexity index is 620. The summed E-state index contributed by atoms with van der Waals surface area (Å²) in [6.45, 7) is 6.94. The molecule has 0 aliphatic carbocycles. The zero-order chi connectivity index (χ0) is 16.7. The molecule has 0 bridgehead atoms. The van der Waals surface area contributed by atoms with Gasteiger partial charge in [0.2, 0.25) is 0 Å². The summed E-state index contributed by atoms with van der Waals surface area (Å²) < 4.78 is 1.64. The first-order chi connectivity index (χ1) is 11.2. The molecule has 124 valence electrons. The van der Waals surface area contributed by atoms with Gasteiger partial charge in [-0.25, -0.2) is 0 Å². The van der Waals surface area contributed by atoms with Crippen LogP contribution >= 0.6 is 0 Å². The Kier molecular flexibility index (Phi) is 6.26. The standard InChI is InChI=1S/C17H25N5O/c1-4-6-7-14(5-2)12-18-17(23)15-8-10-16(11-9-15)22-13(3)19-20-21-22/h8-11,14H,4-7,12H2,1-3H3,(H,18,23)/t14-/m0/s1. The van der Waals surface area contributed by atoms with Crippen molar-refractivity contribution in [1.82, 2.24) is 25.5 Å². The highest BCUT2D eigenvalue weighted by atomic mass is 16.1. The first-order valence-electron chi connectivity index (χ1n) is 8.29. The first-order valence-corrected chi connectivity index (χ1v) is 8.29. The lowest BCUT2D eigenvalue weighted by atomic mass is 9.99. The fourth-order valence-corrected chi connectivity index (χ4v) is 2.51. The molecule has 0 unspecified atom stereocenters. The van der Waals surface area contributed by atoms with Gasteiger partial charge >= 0.3 is 0 Å². The second-order valence-corrected chi connectivity index (χ2v) is 5.81. The van der Waals surface area contributed by atoms with E-state index in [-0.39, 0.29) is 5.91 Å². The molecule has 0 fully saturated rings. The van der Waals surface area contributed by atoms with Crippen LogP contribution in [0.5, 0.6) is 0 Å². The Labute approximate surface area is 137 Å². The van der Waals surface area contributed by atoms with Crippen LogP contribution < -0.4 is 5.32 Å². The summed E-state index contributed by atoms with van der Waals surface area (Å²) in [4.78, 5) is 12.2. The summed E-state index contributed by atoms with van der Waals surface area (Å²) in [6.07, 6.45) is 4.68. The summed E-state index contributed by atoms with van der Waals surface area (Å²) in [5.41, 5.74) is 1.50. The number of benzene rings is 1. The molecule has 23 heavy (non-hydrogen) atoms. The topological polar surface area (TPSA) is 72.7 Å². The van der Waals surface area contributed by atoms with Crippen LogP contribution in [0.3, 0.4) is 0 Å². The number of nitrogens with one attached hydrogen (secondary N) is 1. The van der Waals surface area contributed by atoms with Crippen LogP contribution in [0.15, 0.2) is 24.3 Å². The van der Waals surface area contributed by atoms with E-state index >= 15 is 0 Å². The lowest BCUT2D eigenvalue weighted by molar-refractivity contribution is 0.0946. The molecule has 1 aromatic heterocycles. The molecule has 0 aliphatic heterocycles. The van der Waals surface area contributed by atoms with E-state index in [2.05, 4.69) is 34.7 Å². The van der Waals surface area contributed by atoms with Crippen molar-refractivity contribution >= 4 is 5.91 Å². The van der Waals surface area contributed by atoms with Crippen molar-refractivity contribution in [3.05, 3.63) is 35.7 Å². The van der Waals surface area contributed by atoms with Gasteiger partial charge in [-0.1, -0.05) is 33.1 Å². The Morgan fingerprint density at radius 3 is 2.57 bits per heavy atom. The summed E-state index contributed by atoms with van der Waals surface area (Å²) >= 11 is 0. The lowest BCUT2D eigenvalue weighted by Crippen LogP contribution is -2.29. The van der Waals surface area contributed by atoms with Crippen LogP contribution in [-0.4, -0.2) is 32.7 Å². The number of carbonyl (C=O) groups is 1. The molecular weight excluding hydrogens is 290 g/mol. The molecule has 0 aliphatic rings. The zero-order valence-corrected chi connectivity index (χ0v) is 14.1. The maximum Gasteiger partial charge on any atom is 0.251 e. The van der Waals surface area contributed by atoms with Crippen LogP contribution in [0.4, 0.5) is 0 Å². The van der Waals surface area contributed by atoms with Crippen LogP contribution in [-0.2, 0) is 0 Å². The molecule has 1 N–H and O–H groups in total. The minimum Gasteiger partial charge on any atom is -0.352 e. The number of tetrazole rings is 1. The highest BCUT2D eigenvalue weighted by Gasteiger charge is 2.11. The molecule has 0 spiro atoms. The van der Waals surface area contributed by atoms with Gasteiger partial charge in [-0.3, -0.25) is 4.79 Å². The van der Waals surface area contributed by atoms with Gasteiger partial charge in [0.15, 0.2) is 5.82 Å². The lowest BCUT2D eigenvalue weighted by Gasteiger charge is -2.15. The van der Waals surface area contributed by atoms with Crippen molar-refractivity contribution in [3.8, 4) is 5.69 Å². The Morgan fingerprint density at radius 1 is 1.26 bits per heavy atom. The smallest absolute Gasteiger partial charge is 0.251 e. The van der Waals surface area contributed by atoms with Crippen molar-refractivity contribution in [2.45, 2.75) is 46.5 Å². The van der Waals surface area contributed by atoms with Crippen molar-refractivity contribution in [3.63, 3.8) is 0 Å². The minimum absolute atomic E-state index is 0.0278. The molecule has 0 saturated heterocycles. The molecule has 1 aromatic carbocycles. The Hall–Kier alpha value is -2.24. The van der Waals surface area contributed by atoms with Crippen molar-refractivity contribution in [1.29, 1.82) is 0 Å². The SMILES string of the molecule is CCCC[C@H](CC)CNC(=O)c1ccc(-n2nnnc2C)cc1. The number of aromatic nitrogens is 4. The number of aryl methyl sites for hydroxylation is 1. The van der Waals surface area contributed by atoms with Gasteiger partial charge in [-0.05, 0) is 54.0 Å². The van der Waals surface area contributed by atoms with Gasteiger partial charge in [0.05, 0.1) is 5.69 Å². The molecule has 1 amide bonds. The van der Waals surface area contributed by atoms with E-state index in [4.69, 9.17) is 0 Å². The van der Waals surface area contributed by atoms with Gasteiger partial charge in [0.1, 0.15) is 0 Å². The predicted octanol–water partition coefficient (Wildman–Crippen LogP) is 2.92. The van der Waals surface area contributed by atoms with Crippen molar-refractivity contribution in [2.24, 2.45) is 5.92 Å². The van der Waals surface area contributed by atoms with E-state index in [1.54, 1.807) is 16.8 Å². The Morgan fingerprint density at radius 2 is 2.00 bits per heavy atom. The third-order valence-corrected chi connectivity index (χ3v) is 4.09. The molecule has 2 rings (SSSR count). The van der Waals surface area contributed by atoms with Gasteiger partial charge < -0.3 is 5.32 Å². The predicted molar refractivity (Wildman–Crippen MR) is 89.5 cm³/mol. The molecule has 1 atom stereocenters. The normalized spacial score (nSPS) is 12.1. The molecule has 1 heterocycles. The number of unbranched alkanes of at least 4 members (excludes halogenated alkanes) is 1. The van der Waals surface area contributed by atoms with E-state index in [1.165, 1.54) is 19.3 Å². The highest BCUT2D eigenvalue weighted by molar-refractivity contribution is 5.94. The highest BCUT2D eigenvalue weighted by Crippen LogP contribution is 2.13. The average molecular weight is 315 g/mol. The van der Waals surface area contributed by atoms with Crippen LogP contribution in [0.1, 0.15) is 55.7 Å². The molecule has 2 aromatic rings. The zero-order valence-electron chi connectivity index (χ0n) is 14.1. The van der Waals surface area contributed by atoms with E-state index in [1.807, 2.05) is 19.1 Å². The van der Waals surface area contributed by atoms with Gasteiger partial charge in [-0.15, -0.1) is 5.10 Å². The van der Waals surface area contributed by atoms with Crippen molar-refractivity contribution in [2.75, 3.05) is 6.54 Å². The van der Waals surface area contributed by atoms with Gasteiger partial charge in [-0.2, -0.15) is 4.68 Å². The van der Waals surface area contributed by atoms with E-state index in [0.29, 0.717) is 17.3 Å². The summed E-state index contributed by atoms with van der Waals surface area (Å²) in [5, 5.41) is 14.4. The van der Waals surface area contributed by atoms with Crippen LogP contribution in [0.2, 0.25) is 0 Å². The number of rotatable bonds is 8. The van der Waals surface area contributed by atoms with Gasteiger partial charge in [0.25, 0.3) is 5.91 Å². The molecule has 0 saturated carbocycles. The Balaban J connectivity index is 1.94. The second kappa shape index (κ2) is 8.41. The maximum atomic E-state index is 12.2. The van der Waals surface area contributed by atoms with Crippen LogP contribution in [0.25, 0.3) is 5.69 Å². The molecule has 6 heteroatoms. The minimum atomic E-state index is -0.0278. The number of hydrogen-bond donors (Lipinski definition) is 1. The first kappa shape index (κ1) is 17.1. The van der Waals surface area contributed by atoms with Crippen LogP contribution in [0, 0.1) is 12.8 Å². The maximum absolute atomic E-state index is 12.2. The van der Waals surface area contributed by atoms with E-state index in [9.17, 15) is 4.79 Å². The third-order valence-electron chi connectivity index (χ3n) is 4.09. The second-order valence-electron chi connectivity index (χ2n) is 5.81. The number of hydrogen-bond acceptors (Lipinski definition) is 4. The van der Waals surface area contributed by atoms with Gasteiger partial charge in [0, 0.05) is 12.1 Å². The molecule has 0 radical (unpaired) electrons. The number of nitrogens with zero attached hydrogens (tertiary/aromatic N) is 4. The van der Waals surface area contributed by atoms with Crippen molar-refractivity contribution < 1.29 is 4.79 Å². The summed E-state index contributed by atoms with van der Waals surface area (Å²) in [7, 11) is 0. The quantitative estimate of drug-likeness (QED) is 0.813. The van der Waals surface area contributed by atoms with E-state index < -0.39 is 0 Å². The molecular formula is C17H25N5O. The summed E-state index contributed by atoms with van der Waals surface area (Å²) in [6, 6.07) is 7.32. The van der Waals surface area contributed by atoms with E-state index in [0.717, 1.165) is 18.7 Å². The number of carbonyl (C=O) groups excluding carboxylic acids is 1. The largest absolute Gasteiger partial charge is 0.352 e. The molecule has 6 nitrogen and oxygen atoms in total. The monoisotopic (exact) mass is 315 g/mol. The summed E-state index contributed by atoms with van der Waals surface area (Å²) in [5.74, 6) is 1.24. The number of amides is 1. The fraction of sp³-hybridized carbons (Fsp3) is 0.529. The average Bonchev–Trinajstić information content (AvgIpc) is 3.01. The third kappa shape index (κ3) is 4.61. The fourth-order valence-electron chi connectivity index (χ4n) is 2.51.